The summed E-state index contributed by atoms with van der Waals surface area (Å²) in [6, 6.07) is 14.0. The lowest BCUT2D eigenvalue weighted by Gasteiger charge is -2.39. The van der Waals surface area contributed by atoms with E-state index in [4.69, 9.17) is 10.00 Å². The Morgan fingerprint density at radius 1 is 1.17 bits per heavy atom. The average Bonchev–Trinajstić information content (AvgIpc) is 3.00. The van der Waals surface area contributed by atoms with Crippen molar-refractivity contribution in [2.45, 2.75) is 38.8 Å². The molecule has 0 aromatic heterocycles. The average molecular weight is 405 g/mol. The molecule has 0 aliphatic carbocycles. The number of benzene rings is 2. The van der Waals surface area contributed by atoms with Crippen LogP contribution in [0.4, 0.5) is 5.69 Å². The first-order valence-electron chi connectivity index (χ1n) is 9.52. The van der Waals surface area contributed by atoms with E-state index in [-0.39, 0.29) is 18.2 Å². The number of carbonyl (C=O) groups is 3. The highest BCUT2D eigenvalue weighted by atomic mass is 16.5. The third kappa shape index (κ3) is 3.90. The van der Waals surface area contributed by atoms with Crippen molar-refractivity contribution in [1.29, 1.82) is 5.26 Å². The molecule has 1 unspecified atom stereocenters. The Morgan fingerprint density at radius 2 is 1.83 bits per heavy atom. The lowest BCUT2D eigenvalue weighted by atomic mass is 9.99. The predicted octanol–water partition coefficient (Wildman–Crippen LogP) is 3.14. The van der Waals surface area contributed by atoms with Crippen molar-refractivity contribution < 1.29 is 19.1 Å². The largest absolute Gasteiger partial charge is 0.497 e. The number of carbonyl (C=O) groups excluding carboxylic acids is 3. The van der Waals surface area contributed by atoms with E-state index in [1.54, 1.807) is 48.5 Å². The summed E-state index contributed by atoms with van der Waals surface area (Å²) < 4.78 is 5.20. The summed E-state index contributed by atoms with van der Waals surface area (Å²) in [5, 5.41) is 8.96. The lowest BCUT2D eigenvalue weighted by molar-refractivity contribution is -0.123. The molecule has 7 nitrogen and oxygen atoms in total. The van der Waals surface area contributed by atoms with E-state index in [9.17, 15) is 14.4 Å². The third-order valence-electron chi connectivity index (χ3n) is 4.95. The van der Waals surface area contributed by atoms with Crippen LogP contribution in [-0.4, -0.2) is 41.3 Å². The predicted molar refractivity (Wildman–Crippen MR) is 111 cm³/mol. The van der Waals surface area contributed by atoms with Crippen LogP contribution in [-0.2, 0) is 9.59 Å². The Balaban J connectivity index is 1.97. The third-order valence-corrected chi connectivity index (χ3v) is 4.95. The molecule has 3 rings (SSSR count). The van der Waals surface area contributed by atoms with Crippen LogP contribution in [0.15, 0.2) is 48.5 Å². The Labute approximate surface area is 175 Å². The number of anilines is 1. The van der Waals surface area contributed by atoms with Gasteiger partial charge in [-0.25, -0.2) is 4.90 Å². The quantitative estimate of drug-likeness (QED) is 0.729. The van der Waals surface area contributed by atoms with E-state index < -0.39 is 17.5 Å². The van der Waals surface area contributed by atoms with Crippen molar-refractivity contribution in [2.24, 2.45) is 0 Å². The van der Waals surface area contributed by atoms with Crippen LogP contribution in [0, 0.1) is 11.3 Å². The van der Waals surface area contributed by atoms with Gasteiger partial charge < -0.3 is 9.64 Å². The number of methoxy groups -OCH3 is 1. The SMILES string of the molecule is COc1cccc(C(=O)N(C2CC(=O)N(c3ccc(C#N)cc3)C2=O)C(C)(C)C)c1. The number of imide groups is 1. The fourth-order valence-electron chi connectivity index (χ4n) is 3.58. The van der Waals surface area contributed by atoms with Crippen LogP contribution in [0.25, 0.3) is 0 Å². The summed E-state index contributed by atoms with van der Waals surface area (Å²) in [6.07, 6.45) is -0.105. The normalized spacial score (nSPS) is 16.4. The van der Waals surface area contributed by atoms with Crippen molar-refractivity contribution in [3.63, 3.8) is 0 Å². The molecule has 1 saturated heterocycles. The smallest absolute Gasteiger partial charge is 0.257 e. The molecular weight excluding hydrogens is 382 g/mol. The molecule has 30 heavy (non-hydrogen) atoms. The second-order valence-electron chi connectivity index (χ2n) is 8.02. The highest BCUT2D eigenvalue weighted by Crippen LogP contribution is 2.31. The minimum absolute atomic E-state index is 0.105. The number of amides is 3. The van der Waals surface area contributed by atoms with E-state index in [1.165, 1.54) is 12.0 Å². The standard InChI is InChI=1S/C23H23N3O4/c1-23(2,3)26(21(28)16-6-5-7-18(12-16)30-4)19-13-20(27)25(22(19)29)17-10-8-15(14-24)9-11-17/h5-12,19H,13H2,1-4H3. The van der Waals surface area contributed by atoms with Crippen LogP contribution < -0.4 is 9.64 Å². The molecule has 0 radical (unpaired) electrons. The molecule has 7 heteroatoms. The first kappa shape index (κ1) is 21.1. The highest BCUT2D eigenvalue weighted by Gasteiger charge is 2.47. The Kier molecular flexibility index (Phi) is 5.61. The molecule has 0 spiro atoms. The number of ether oxygens (including phenoxy) is 1. The van der Waals surface area contributed by atoms with Gasteiger partial charge in [-0.2, -0.15) is 5.26 Å². The zero-order valence-corrected chi connectivity index (χ0v) is 17.4. The Hall–Kier alpha value is -3.66. The number of rotatable bonds is 4. The zero-order chi connectivity index (χ0) is 22.1. The van der Waals surface area contributed by atoms with Crippen LogP contribution in [0.2, 0.25) is 0 Å². The zero-order valence-electron chi connectivity index (χ0n) is 17.4. The molecule has 1 fully saturated rings. The minimum atomic E-state index is -0.924. The maximum Gasteiger partial charge on any atom is 0.257 e. The van der Waals surface area contributed by atoms with Gasteiger partial charge in [0.1, 0.15) is 11.8 Å². The first-order chi connectivity index (χ1) is 14.2. The van der Waals surface area contributed by atoms with Gasteiger partial charge in [-0.3, -0.25) is 14.4 Å². The minimum Gasteiger partial charge on any atom is -0.497 e. The van der Waals surface area contributed by atoms with Crippen molar-refractivity contribution in [3.05, 3.63) is 59.7 Å². The second kappa shape index (κ2) is 7.99. The van der Waals surface area contributed by atoms with E-state index in [0.717, 1.165) is 4.90 Å². The lowest BCUT2D eigenvalue weighted by Crippen LogP contribution is -2.54. The van der Waals surface area contributed by atoms with Gasteiger partial charge in [-0.05, 0) is 63.2 Å². The van der Waals surface area contributed by atoms with Gasteiger partial charge in [0.2, 0.25) is 5.91 Å². The molecule has 2 aromatic carbocycles. The van der Waals surface area contributed by atoms with Gasteiger partial charge >= 0.3 is 0 Å². The van der Waals surface area contributed by atoms with E-state index in [2.05, 4.69) is 0 Å². The number of nitriles is 1. The maximum absolute atomic E-state index is 13.4. The Bertz CT molecular complexity index is 1030. The topological polar surface area (TPSA) is 90.7 Å². The van der Waals surface area contributed by atoms with Gasteiger partial charge in [0.05, 0.1) is 30.9 Å². The van der Waals surface area contributed by atoms with Gasteiger partial charge in [-0.15, -0.1) is 0 Å². The molecule has 154 valence electrons. The maximum atomic E-state index is 13.4. The number of hydrogen-bond acceptors (Lipinski definition) is 5. The molecule has 1 atom stereocenters. The summed E-state index contributed by atoms with van der Waals surface area (Å²) in [5.41, 5.74) is 0.482. The van der Waals surface area contributed by atoms with Crippen LogP contribution >= 0.6 is 0 Å². The van der Waals surface area contributed by atoms with Crippen LogP contribution in [0.5, 0.6) is 5.75 Å². The van der Waals surface area contributed by atoms with Gasteiger partial charge in [-0.1, -0.05) is 6.07 Å². The highest BCUT2D eigenvalue weighted by molar-refractivity contribution is 6.23. The first-order valence-corrected chi connectivity index (χ1v) is 9.52. The fourth-order valence-corrected chi connectivity index (χ4v) is 3.58. The molecular formula is C23H23N3O4. The molecule has 0 N–H and O–H groups in total. The Morgan fingerprint density at radius 3 is 2.40 bits per heavy atom. The summed E-state index contributed by atoms with van der Waals surface area (Å²) in [6.45, 7) is 5.48. The van der Waals surface area contributed by atoms with Crippen molar-refractivity contribution >= 4 is 23.4 Å². The van der Waals surface area contributed by atoms with Gasteiger partial charge in [0.15, 0.2) is 0 Å². The molecule has 0 saturated carbocycles. The number of nitrogens with zero attached hydrogens (tertiary/aromatic N) is 3. The van der Waals surface area contributed by atoms with E-state index in [1.807, 2.05) is 26.8 Å². The van der Waals surface area contributed by atoms with Crippen LogP contribution in [0.1, 0.15) is 43.1 Å². The molecule has 2 aromatic rings. The van der Waals surface area contributed by atoms with Gasteiger partial charge in [0, 0.05) is 11.1 Å². The monoisotopic (exact) mass is 405 g/mol. The molecule has 1 heterocycles. The van der Waals surface area contributed by atoms with Crippen molar-refractivity contribution in [2.75, 3.05) is 12.0 Å². The van der Waals surface area contributed by atoms with Crippen molar-refractivity contribution in [3.8, 4) is 11.8 Å². The molecule has 0 bridgehead atoms. The summed E-state index contributed by atoms with van der Waals surface area (Å²) in [5.74, 6) is -0.671. The van der Waals surface area contributed by atoms with E-state index >= 15 is 0 Å². The molecule has 3 amide bonds. The summed E-state index contributed by atoms with van der Waals surface area (Å²) in [4.78, 5) is 41.9. The fraction of sp³-hybridized carbons (Fsp3) is 0.304. The molecule has 1 aliphatic heterocycles. The van der Waals surface area contributed by atoms with Gasteiger partial charge in [0.25, 0.3) is 11.8 Å². The molecule has 1 aliphatic rings. The van der Waals surface area contributed by atoms with Crippen LogP contribution in [0.3, 0.4) is 0 Å². The van der Waals surface area contributed by atoms with Crippen molar-refractivity contribution in [1.82, 2.24) is 4.90 Å². The second-order valence-corrected chi connectivity index (χ2v) is 8.02. The van der Waals surface area contributed by atoms with E-state index in [0.29, 0.717) is 22.6 Å². The summed E-state index contributed by atoms with van der Waals surface area (Å²) >= 11 is 0. The number of hydrogen-bond donors (Lipinski definition) is 0. The summed E-state index contributed by atoms with van der Waals surface area (Å²) in [7, 11) is 1.51.